The van der Waals surface area contributed by atoms with Crippen LogP contribution < -0.4 is 0 Å². The molecule has 1 saturated carbocycles. The lowest BCUT2D eigenvalue weighted by atomic mass is 10.0. The first-order valence-electron chi connectivity index (χ1n) is 7.72. The third-order valence-electron chi connectivity index (χ3n) is 4.74. The van der Waals surface area contributed by atoms with Gasteiger partial charge in [0.05, 0.1) is 16.8 Å². The maximum Gasteiger partial charge on any atom is 0.314 e. The Kier molecular flexibility index (Phi) is 5.05. The molecule has 26 heavy (non-hydrogen) atoms. The Labute approximate surface area is 161 Å². The molecule has 3 unspecified atom stereocenters. The second-order valence-electron chi connectivity index (χ2n) is 6.23. The second-order valence-corrected chi connectivity index (χ2v) is 9.17. The van der Waals surface area contributed by atoms with E-state index in [2.05, 4.69) is 0 Å². The van der Waals surface area contributed by atoms with Crippen molar-refractivity contribution in [2.45, 2.75) is 16.1 Å². The van der Waals surface area contributed by atoms with Crippen molar-refractivity contribution < 1.29 is 23.1 Å². The molecule has 0 amide bonds. The van der Waals surface area contributed by atoms with Crippen molar-refractivity contribution in [2.24, 2.45) is 5.41 Å². The summed E-state index contributed by atoms with van der Waals surface area (Å²) in [7, 11) is -2.56. The summed E-state index contributed by atoms with van der Waals surface area (Å²) in [6.45, 7) is -0.215. The number of halogens is 2. The van der Waals surface area contributed by atoms with Gasteiger partial charge in [-0.1, -0.05) is 35.3 Å². The van der Waals surface area contributed by atoms with E-state index in [0.29, 0.717) is 15.6 Å². The standard InChI is InChI=1S/C18H16Cl2O5S/c1-25-10-18(17(21)22)15(11-2-4-12(19)5-3-11)16(18)26(23,24)14-8-6-13(20)7-9-14/h2-9,15-16H,10H2,1H3,(H,21,22). The fourth-order valence-electron chi connectivity index (χ4n) is 3.50. The number of methoxy groups -OCH3 is 1. The zero-order chi connectivity index (χ0) is 19.1. The smallest absolute Gasteiger partial charge is 0.314 e. The molecule has 1 N–H and O–H groups in total. The van der Waals surface area contributed by atoms with E-state index in [1.54, 1.807) is 24.3 Å². The van der Waals surface area contributed by atoms with E-state index < -0.39 is 32.4 Å². The van der Waals surface area contributed by atoms with Crippen molar-refractivity contribution >= 4 is 39.0 Å². The Hall–Kier alpha value is -1.60. The van der Waals surface area contributed by atoms with Crippen LogP contribution in [0.2, 0.25) is 10.0 Å². The highest BCUT2D eigenvalue weighted by atomic mass is 35.5. The van der Waals surface area contributed by atoms with E-state index >= 15 is 0 Å². The van der Waals surface area contributed by atoms with E-state index in [1.807, 2.05) is 0 Å². The van der Waals surface area contributed by atoms with E-state index in [0.717, 1.165) is 0 Å². The van der Waals surface area contributed by atoms with Gasteiger partial charge in [0, 0.05) is 23.1 Å². The fraction of sp³-hybridized carbons (Fsp3) is 0.278. The maximum atomic E-state index is 13.2. The highest BCUT2D eigenvalue weighted by Gasteiger charge is 2.76. The Morgan fingerprint density at radius 3 is 2.04 bits per heavy atom. The van der Waals surface area contributed by atoms with Gasteiger partial charge in [0.1, 0.15) is 5.41 Å². The van der Waals surface area contributed by atoms with Crippen LogP contribution in [0.5, 0.6) is 0 Å². The summed E-state index contributed by atoms with van der Waals surface area (Å²) in [6.07, 6.45) is 0. The Morgan fingerprint density at radius 2 is 1.58 bits per heavy atom. The number of sulfone groups is 1. The quantitative estimate of drug-likeness (QED) is 0.779. The number of benzene rings is 2. The number of carboxylic acids is 1. The Balaban J connectivity index is 2.11. The number of rotatable bonds is 6. The molecule has 8 heteroatoms. The second kappa shape index (κ2) is 6.85. The molecular weight excluding hydrogens is 399 g/mol. The van der Waals surface area contributed by atoms with E-state index in [1.165, 1.54) is 31.4 Å². The van der Waals surface area contributed by atoms with Gasteiger partial charge in [-0.2, -0.15) is 0 Å². The molecule has 5 nitrogen and oxygen atoms in total. The number of carbonyl (C=O) groups is 1. The zero-order valence-electron chi connectivity index (χ0n) is 13.7. The molecule has 0 aromatic heterocycles. The lowest BCUT2D eigenvalue weighted by Crippen LogP contribution is -2.28. The van der Waals surface area contributed by atoms with Crippen LogP contribution in [0.1, 0.15) is 11.5 Å². The first-order valence-corrected chi connectivity index (χ1v) is 10.0. The third-order valence-corrected chi connectivity index (χ3v) is 7.54. The van der Waals surface area contributed by atoms with E-state index in [4.69, 9.17) is 27.9 Å². The molecule has 0 bridgehead atoms. The van der Waals surface area contributed by atoms with Crippen LogP contribution in [0.25, 0.3) is 0 Å². The minimum absolute atomic E-state index is 0.0325. The molecule has 0 aliphatic heterocycles. The molecule has 2 aromatic carbocycles. The monoisotopic (exact) mass is 414 g/mol. The predicted octanol–water partition coefficient (Wildman–Crippen LogP) is 3.65. The molecular formula is C18H16Cl2O5S. The summed E-state index contributed by atoms with van der Waals surface area (Å²) in [4.78, 5) is 12.1. The normalized spacial score (nSPS) is 25.0. The van der Waals surface area contributed by atoms with Gasteiger partial charge < -0.3 is 9.84 Å². The highest BCUT2D eigenvalue weighted by molar-refractivity contribution is 7.92. The summed E-state index contributed by atoms with van der Waals surface area (Å²) >= 11 is 11.7. The fourth-order valence-corrected chi connectivity index (χ4v) is 6.11. The Morgan fingerprint density at radius 1 is 1.08 bits per heavy atom. The number of aliphatic carboxylic acids is 1. The van der Waals surface area contributed by atoms with Gasteiger partial charge in [-0.15, -0.1) is 0 Å². The molecule has 2 aromatic rings. The SMILES string of the molecule is COCC1(C(=O)O)C(c2ccc(Cl)cc2)C1S(=O)(=O)c1ccc(Cl)cc1. The summed E-state index contributed by atoms with van der Waals surface area (Å²) in [6, 6.07) is 12.2. The molecule has 1 fully saturated rings. The van der Waals surface area contributed by atoms with Crippen LogP contribution in [-0.2, 0) is 19.4 Å². The van der Waals surface area contributed by atoms with Crippen LogP contribution in [0.3, 0.4) is 0 Å². The van der Waals surface area contributed by atoms with Gasteiger partial charge in [-0.3, -0.25) is 4.79 Å². The molecule has 0 saturated heterocycles. The number of carboxylic acid groups (broad SMARTS) is 1. The number of hydrogen-bond donors (Lipinski definition) is 1. The Bertz CT molecular complexity index is 925. The van der Waals surface area contributed by atoms with Gasteiger partial charge >= 0.3 is 5.97 Å². The van der Waals surface area contributed by atoms with Crippen molar-refractivity contribution in [3.05, 3.63) is 64.1 Å². The molecule has 1 aliphatic rings. The lowest BCUT2D eigenvalue weighted by Gasteiger charge is -2.12. The first kappa shape index (κ1) is 19.2. The maximum absolute atomic E-state index is 13.2. The zero-order valence-corrected chi connectivity index (χ0v) is 16.1. The largest absolute Gasteiger partial charge is 0.481 e. The molecule has 0 spiro atoms. The third kappa shape index (κ3) is 3.01. The van der Waals surface area contributed by atoms with Crippen LogP contribution in [0.15, 0.2) is 53.4 Å². The molecule has 3 atom stereocenters. The summed E-state index contributed by atoms with van der Waals surface area (Å²) in [5.41, 5.74) is -0.961. The van der Waals surface area contributed by atoms with Gasteiger partial charge in [0.15, 0.2) is 9.84 Å². The highest BCUT2D eigenvalue weighted by Crippen LogP contribution is 2.64. The molecule has 138 valence electrons. The average molecular weight is 415 g/mol. The topological polar surface area (TPSA) is 80.7 Å². The van der Waals surface area contributed by atoms with Crippen LogP contribution in [0.4, 0.5) is 0 Å². The van der Waals surface area contributed by atoms with Crippen LogP contribution in [0, 0.1) is 5.41 Å². The number of hydrogen-bond acceptors (Lipinski definition) is 4. The van der Waals surface area contributed by atoms with E-state index in [9.17, 15) is 18.3 Å². The first-order chi connectivity index (χ1) is 12.2. The molecule has 1 aliphatic carbocycles. The average Bonchev–Trinajstić information content (AvgIpc) is 3.27. The minimum atomic E-state index is -3.92. The van der Waals surface area contributed by atoms with E-state index in [-0.39, 0.29) is 11.5 Å². The van der Waals surface area contributed by atoms with Gasteiger partial charge in [0.2, 0.25) is 0 Å². The summed E-state index contributed by atoms with van der Waals surface area (Å²) in [5.74, 6) is -1.94. The van der Waals surface area contributed by atoms with Crippen LogP contribution in [-0.4, -0.2) is 38.5 Å². The van der Waals surface area contributed by atoms with Crippen molar-refractivity contribution in [1.82, 2.24) is 0 Å². The molecule has 0 heterocycles. The summed E-state index contributed by atoms with van der Waals surface area (Å²) < 4.78 is 31.4. The van der Waals surface area contributed by atoms with Gasteiger partial charge in [-0.25, -0.2) is 8.42 Å². The van der Waals surface area contributed by atoms with Crippen molar-refractivity contribution in [3.63, 3.8) is 0 Å². The minimum Gasteiger partial charge on any atom is -0.481 e. The molecule has 3 rings (SSSR count). The van der Waals surface area contributed by atoms with Crippen molar-refractivity contribution in [1.29, 1.82) is 0 Å². The van der Waals surface area contributed by atoms with Crippen molar-refractivity contribution in [3.8, 4) is 0 Å². The van der Waals surface area contributed by atoms with Crippen LogP contribution >= 0.6 is 23.2 Å². The number of ether oxygens (including phenoxy) is 1. The van der Waals surface area contributed by atoms with Crippen molar-refractivity contribution in [2.75, 3.05) is 13.7 Å². The molecule has 0 radical (unpaired) electrons. The lowest BCUT2D eigenvalue weighted by molar-refractivity contribution is -0.145. The summed E-state index contributed by atoms with van der Waals surface area (Å²) in [5, 5.41) is 9.59. The van der Waals surface area contributed by atoms with Gasteiger partial charge in [-0.05, 0) is 42.0 Å². The van der Waals surface area contributed by atoms with Gasteiger partial charge in [0.25, 0.3) is 0 Å². The predicted molar refractivity (Wildman–Crippen MR) is 98.6 cm³/mol.